The van der Waals surface area contributed by atoms with Crippen LogP contribution in [-0.4, -0.2) is 66.3 Å². The lowest BCUT2D eigenvalue weighted by atomic mass is 10.0. The molecule has 0 aliphatic carbocycles. The van der Waals surface area contributed by atoms with E-state index in [-0.39, 0.29) is 36.4 Å². The summed E-state index contributed by atoms with van der Waals surface area (Å²) in [6, 6.07) is 14.9. The molecule has 3 heterocycles. The third-order valence-corrected chi connectivity index (χ3v) is 8.56. The number of carbonyl (C=O) groups is 1. The van der Waals surface area contributed by atoms with E-state index in [1.54, 1.807) is 53.3 Å². The number of aromatic nitrogens is 2. The van der Waals surface area contributed by atoms with E-state index < -0.39 is 17.9 Å². The molecule has 0 bridgehead atoms. The van der Waals surface area contributed by atoms with Crippen LogP contribution in [0.4, 0.5) is 40.4 Å². The Morgan fingerprint density at radius 3 is 2.49 bits per heavy atom. The smallest absolute Gasteiger partial charge is 0.393 e. The molecule has 0 spiro atoms. The van der Waals surface area contributed by atoms with Gasteiger partial charge in [-0.15, -0.1) is 0 Å². The van der Waals surface area contributed by atoms with Crippen molar-refractivity contribution >= 4 is 39.7 Å². The summed E-state index contributed by atoms with van der Waals surface area (Å²) in [7, 11) is 1.57. The molecule has 6 rings (SSSR count). The minimum absolute atomic E-state index is 0.0419. The van der Waals surface area contributed by atoms with Crippen LogP contribution in [0.3, 0.4) is 0 Å². The number of anilines is 4. The van der Waals surface area contributed by atoms with Crippen LogP contribution in [0.1, 0.15) is 19.3 Å². The van der Waals surface area contributed by atoms with Crippen molar-refractivity contribution in [3.8, 4) is 17.2 Å². The number of ether oxygens (including phenoxy) is 2. The molecule has 2 N–H and O–H groups in total. The highest BCUT2D eigenvalue weighted by Crippen LogP contribution is 2.38. The fraction of sp³-hybridized carbons (Fsp3) is 0.324. The largest absolute Gasteiger partial charge is 0.495 e. The summed E-state index contributed by atoms with van der Waals surface area (Å²) in [6.45, 7) is 4.97. The molecule has 13 heteroatoms. The Morgan fingerprint density at radius 2 is 1.79 bits per heavy atom. The van der Waals surface area contributed by atoms with Gasteiger partial charge in [0.2, 0.25) is 5.91 Å². The average molecular weight is 651 g/mol. The predicted octanol–water partition coefficient (Wildman–Crippen LogP) is 7.29. The van der Waals surface area contributed by atoms with Crippen LogP contribution in [0.25, 0.3) is 10.9 Å². The van der Waals surface area contributed by atoms with Crippen LogP contribution in [-0.2, 0) is 4.79 Å². The number of nitrogens with zero attached hydrogens (tertiary/aromatic N) is 4. The molecule has 2 aliphatic rings. The fourth-order valence-electron chi connectivity index (χ4n) is 5.99. The van der Waals surface area contributed by atoms with Gasteiger partial charge in [-0.05, 0) is 55.7 Å². The summed E-state index contributed by atoms with van der Waals surface area (Å²) in [5.41, 5.74) is 2.09. The van der Waals surface area contributed by atoms with Gasteiger partial charge in [-0.25, -0.2) is 14.4 Å². The van der Waals surface area contributed by atoms with Crippen molar-refractivity contribution in [3.05, 3.63) is 79.4 Å². The highest BCUT2D eigenvalue weighted by atomic mass is 19.4. The Kier molecular flexibility index (Phi) is 9.06. The van der Waals surface area contributed by atoms with E-state index in [2.05, 4.69) is 27.2 Å². The Morgan fingerprint density at radius 1 is 1.00 bits per heavy atom. The summed E-state index contributed by atoms with van der Waals surface area (Å²) in [5, 5.41) is 7.22. The Labute approximate surface area is 269 Å². The van der Waals surface area contributed by atoms with Gasteiger partial charge in [-0.1, -0.05) is 12.6 Å². The SMILES string of the molecule is C=CC(=O)N1CCC(Nc2cc3c(Nc4ccc(Oc5cccc(N6CC[C@H](C(F)(F)F)C6)c5)cc4F)ncnc3cc2OC)CC1. The number of alkyl halides is 3. The number of methoxy groups -OCH3 is 1. The first kappa shape index (κ1) is 31.9. The maximum Gasteiger partial charge on any atom is 0.393 e. The van der Waals surface area contributed by atoms with E-state index in [1.807, 2.05) is 6.07 Å². The first-order valence-corrected chi connectivity index (χ1v) is 15.3. The number of amides is 1. The van der Waals surface area contributed by atoms with Crippen LogP contribution >= 0.6 is 0 Å². The number of hydrogen-bond acceptors (Lipinski definition) is 8. The number of nitrogens with one attached hydrogen (secondary N) is 2. The van der Waals surface area contributed by atoms with Gasteiger partial charge in [0.05, 0.1) is 29.9 Å². The molecular weight excluding hydrogens is 616 g/mol. The molecule has 9 nitrogen and oxygen atoms in total. The molecule has 0 saturated carbocycles. The van der Waals surface area contributed by atoms with Crippen molar-refractivity contribution in [1.82, 2.24) is 14.9 Å². The van der Waals surface area contributed by atoms with Gasteiger partial charge in [0.25, 0.3) is 0 Å². The van der Waals surface area contributed by atoms with Gasteiger partial charge >= 0.3 is 6.18 Å². The molecule has 4 aromatic rings. The lowest BCUT2D eigenvalue weighted by Gasteiger charge is -2.32. The topological polar surface area (TPSA) is 91.9 Å². The number of carbonyl (C=O) groups excluding carboxylic acids is 1. The van der Waals surface area contributed by atoms with Crippen molar-refractivity contribution in [1.29, 1.82) is 0 Å². The molecule has 1 atom stereocenters. The van der Waals surface area contributed by atoms with Crippen LogP contribution in [0.15, 0.2) is 73.6 Å². The number of benzene rings is 3. The standard InChI is InChI=1S/C34H34F4N6O3/c1-3-32(45)43-13-10-22(11-14-43)41-30-17-26-29(18-31(30)46-2)39-20-40-33(26)42-28-8-7-25(16-27(28)35)47-24-6-4-5-23(15-24)44-12-9-21(19-44)34(36,37)38/h3-8,15-18,20-22,41H,1,9-14,19H2,2H3,(H,39,40,42)/t21-/m0/s1. The van der Waals surface area contributed by atoms with Crippen molar-refractivity contribution in [2.45, 2.75) is 31.5 Å². The molecule has 246 valence electrons. The maximum atomic E-state index is 15.4. The third-order valence-electron chi connectivity index (χ3n) is 8.56. The van der Waals surface area contributed by atoms with Gasteiger partial charge in [-0.2, -0.15) is 13.2 Å². The van der Waals surface area contributed by atoms with Crippen LogP contribution in [0.2, 0.25) is 0 Å². The molecule has 2 fully saturated rings. The minimum Gasteiger partial charge on any atom is -0.495 e. The van der Waals surface area contributed by atoms with E-state index >= 15 is 4.39 Å². The Bertz CT molecular complexity index is 1780. The second-order valence-corrected chi connectivity index (χ2v) is 11.6. The summed E-state index contributed by atoms with van der Waals surface area (Å²) in [4.78, 5) is 24.1. The van der Waals surface area contributed by atoms with E-state index in [9.17, 15) is 18.0 Å². The second-order valence-electron chi connectivity index (χ2n) is 11.6. The number of fused-ring (bicyclic) bond motifs is 1. The van der Waals surface area contributed by atoms with Crippen molar-refractivity contribution in [2.24, 2.45) is 5.92 Å². The molecule has 0 radical (unpaired) electrons. The van der Waals surface area contributed by atoms with Gasteiger partial charge in [0.15, 0.2) is 0 Å². The number of likely N-dealkylation sites (tertiary alicyclic amines) is 1. The van der Waals surface area contributed by atoms with Crippen LogP contribution < -0.4 is 25.0 Å². The monoisotopic (exact) mass is 650 g/mol. The zero-order valence-corrected chi connectivity index (χ0v) is 25.7. The molecule has 2 aliphatic heterocycles. The molecular formula is C34H34F4N6O3. The molecule has 2 saturated heterocycles. The summed E-state index contributed by atoms with van der Waals surface area (Å²) < 4.78 is 66.3. The molecule has 3 aromatic carbocycles. The number of rotatable bonds is 9. The molecule has 0 unspecified atom stereocenters. The maximum absolute atomic E-state index is 15.4. The molecule has 47 heavy (non-hydrogen) atoms. The van der Waals surface area contributed by atoms with E-state index in [0.29, 0.717) is 53.5 Å². The van der Waals surface area contributed by atoms with Crippen molar-refractivity contribution in [2.75, 3.05) is 48.8 Å². The third kappa shape index (κ3) is 7.18. The average Bonchev–Trinajstić information content (AvgIpc) is 3.58. The predicted molar refractivity (Wildman–Crippen MR) is 172 cm³/mol. The van der Waals surface area contributed by atoms with Gasteiger partial charge < -0.3 is 29.9 Å². The number of hydrogen-bond donors (Lipinski definition) is 2. The summed E-state index contributed by atoms with van der Waals surface area (Å²) in [5.74, 6) is -0.453. The van der Waals surface area contributed by atoms with Crippen molar-refractivity contribution < 1.29 is 31.8 Å². The lowest BCUT2D eigenvalue weighted by Crippen LogP contribution is -2.41. The van der Waals surface area contributed by atoms with E-state index in [4.69, 9.17) is 9.47 Å². The van der Waals surface area contributed by atoms with Gasteiger partial charge in [-0.3, -0.25) is 4.79 Å². The fourth-order valence-corrected chi connectivity index (χ4v) is 5.99. The second kappa shape index (κ2) is 13.3. The minimum atomic E-state index is -4.23. The van der Waals surface area contributed by atoms with E-state index in [1.165, 1.54) is 24.5 Å². The highest BCUT2D eigenvalue weighted by Gasteiger charge is 2.43. The van der Waals surface area contributed by atoms with Crippen LogP contribution in [0, 0.1) is 11.7 Å². The van der Waals surface area contributed by atoms with Crippen molar-refractivity contribution in [3.63, 3.8) is 0 Å². The van der Waals surface area contributed by atoms with Gasteiger partial charge in [0, 0.05) is 61.5 Å². The van der Waals surface area contributed by atoms with E-state index in [0.717, 1.165) is 18.5 Å². The Hall–Kier alpha value is -5.07. The Balaban J connectivity index is 1.16. The molecule has 1 amide bonds. The zero-order valence-electron chi connectivity index (χ0n) is 25.7. The lowest BCUT2D eigenvalue weighted by molar-refractivity contribution is -0.168. The molecule has 1 aromatic heterocycles. The first-order valence-electron chi connectivity index (χ1n) is 15.3. The highest BCUT2D eigenvalue weighted by molar-refractivity contribution is 5.95. The summed E-state index contributed by atoms with van der Waals surface area (Å²) >= 11 is 0. The van der Waals surface area contributed by atoms with Gasteiger partial charge in [0.1, 0.15) is 35.2 Å². The first-order chi connectivity index (χ1) is 22.6. The van der Waals surface area contributed by atoms with Crippen LogP contribution in [0.5, 0.6) is 17.2 Å². The normalized spacial score (nSPS) is 17.1. The summed E-state index contributed by atoms with van der Waals surface area (Å²) in [6.07, 6.45) is 0.0130. The number of halogens is 4. The number of piperidine rings is 1. The zero-order chi connectivity index (χ0) is 33.1. The quantitative estimate of drug-likeness (QED) is 0.144.